The van der Waals surface area contributed by atoms with E-state index in [0.717, 1.165) is 19.5 Å². The van der Waals surface area contributed by atoms with Gasteiger partial charge in [-0.3, -0.25) is 14.9 Å². The molecule has 3 aliphatic rings. The van der Waals surface area contributed by atoms with Crippen molar-refractivity contribution in [3.63, 3.8) is 0 Å². The van der Waals surface area contributed by atoms with Crippen molar-refractivity contribution in [3.8, 4) is 0 Å². The van der Waals surface area contributed by atoms with Crippen LogP contribution in [-0.4, -0.2) is 61.3 Å². The van der Waals surface area contributed by atoms with Crippen LogP contribution in [0.5, 0.6) is 0 Å². The number of quaternary nitrogens is 1. The van der Waals surface area contributed by atoms with E-state index in [9.17, 15) is 22.6 Å². The van der Waals surface area contributed by atoms with Crippen molar-refractivity contribution in [2.45, 2.75) is 39.2 Å². The maximum atomic E-state index is 11.8. The zero-order valence-electron chi connectivity index (χ0n) is 14.1. The van der Waals surface area contributed by atoms with Crippen molar-refractivity contribution >= 4 is 21.9 Å². The predicted molar refractivity (Wildman–Crippen MR) is 84.2 cm³/mol. The van der Waals surface area contributed by atoms with E-state index in [1.54, 1.807) is 0 Å². The second-order valence-electron chi connectivity index (χ2n) is 7.53. The van der Waals surface area contributed by atoms with Gasteiger partial charge in [-0.1, -0.05) is 13.8 Å². The number of piperazine rings is 1. The number of hydrogen-bond acceptors (Lipinski definition) is 6. The second-order valence-corrected chi connectivity index (χ2v) is 8.93. The lowest BCUT2D eigenvalue weighted by atomic mass is 9.70. The zero-order valence-corrected chi connectivity index (χ0v) is 14.9. The summed E-state index contributed by atoms with van der Waals surface area (Å²) in [5, 5.41) is 13.4. The van der Waals surface area contributed by atoms with E-state index in [0.29, 0.717) is 19.4 Å². The number of Topliss-reactive ketones (excluding diaryl/α,β-unsaturated/α-hetero) is 1. The van der Waals surface area contributed by atoms with Crippen molar-refractivity contribution in [2.75, 3.05) is 25.4 Å². The monoisotopic (exact) mass is 362 g/mol. The first-order valence-electron chi connectivity index (χ1n) is 8.24. The Kier molecular flexibility index (Phi) is 5.39. The van der Waals surface area contributed by atoms with Gasteiger partial charge in [0, 0.05) is 18.4 Å². The standard InChI is InChI=1S/C10H16O4S.C5H10N2O2/c1-9(2)7-3-4-10(9,8(11)5-7)6-15(12,13)14;8-5(9)4-3-6-1-2-7-4/h7H,3-6H2,1-2H3,(H,12,13,14);4,6-7H,1-3H2,(H,8,9). The molecule has 2 saturated carbocycles. The molecular weight excluding hydrogens is 336 g/mol. The van der Waals surface area contributed by atoms with Crippen molar-refractivity contribution < 1.29 is 33.0 Å². The molecule has 9 heteroatoms. The molecule has 0 aromatic rings. The zero-order chi connectivity index (χ0) is 18.2. The van der Waals surface area contributed by atoms with Crippen LogP contribution in [0.1, 0.15) is 33.1 Å². The summed E-state index contributed by atoms with van der Waals surface area (Å²) in [7, 11) is -4.33. The molecule has 8 nitrogen and oxygen atoms in total. The topological polar surface area (TPSA) is 140 Å². The maximum Gasteiger partial charge on any atom is 0.326 e. The van der Waals surface area contributed by atoms with Gasteiger partial charge < -0.3 is 15.0 Å². The first kappa shape index (κ1) is 19.3. The van der Waals surface area contributed by atoms with Gasteiger partial charge in [-0.2, -0.15) is 0 Å². The summed E-state index contributed by atoms with van der Waals surface area (Å²) < 4.78 is 32.7. The summed E-state index contributed by atoms with van der Waals surface area (Å²) in [6, 6.07) is -0.334. The van der Waals surface area contributed by atoms with Crippen molar-refractivity contribution in [2.24, 2.45) is 16.7 Å². The van der Waals surface area contributed by atoms with Crippen LogP contribution in [0, 0.1) is 16.7 Å². The first-order chi connectivity index (χ1) is 11.0. The first-order valence-corrected chi connectivity index (χ1v) is 9.82. The highest BCUT2D eigenvalue weighted by Crippen LogP contribution is 2.64. The number of ketones is 1. The minimum absolute atomic E-state index is 0.0248. The van der Waals surface area contributed by atoms with Gasteiger partial charge in [0.15, 0.2) is 6.04 Å². The molecule has 0 radical (unpaired) electrons. The van der Waals surface area contributed by atoms with Gasteiger partial charge in [0.05, 0.1) is 22.4 Å². The molecule has 1 heterocycles. The molecule has 3 unspecified atom stereocenters. The molecule has 2 bridgehead atoms. The largest absolute Gasteiger partial charge is 0.748 e. The van der Waals surface area contributed by atoms with Gasteiger partial charge in [-0.05, 0) is 24.2 Å². The molecule has 1 aliphatic heterocycles. The summed E-state index contributed by atoms with van der Waals surface area (Å²) in [5.74, 6) is -1.02. The number of rotatable bonds is 3. The average molecular weight is 362 g/mol. The van der Waals surface area contributed by atoms with Crippen LogP contribution < -0.4 is 10.6 Å². The molecule has 4 N–H and O–H groups in total. The molecule has 0 aromatic carbocycles. The molecular formula is C15H26N2O6S. The van der Waals surface area contributed by atoms with Crippen molar-refractivity contribution in [3.05, 3.63) is 0 Å². The molecule has 3 atom stereocenters. The van der Waals surface area contributed by atoms with Crippen LogP contribution in [0.15, 0.2) is 0 Å². The quantitative estimate of drug-likeness (QED) is 0.521. The van der Waals surface area contributed by atoms with E-state index >= 15 is 0 Å². The number of carboxylic acids is 1. The molecule has 2 aliphatic carbocycles. The smallest absolute Gasteiger partial charge is 0.326 e. The maximum absolute atomic E-state index is 11.8. The molecule has 24 heavy (non-hydrogen) atoms. The predicted octanol–water partition coefficient (Wildman–Crippen LogP) is -1.47. The van der Waals surface area contributed by atoms with E-state index in [4.69, 9.17) is 5.11 Å². The Hall–Kier alpha value is -1.03. The Balaban J connectivity index is 0.000000198. The second kappa shape index (κ2) is 6.70. The highest BCUT2D eigenvalue weighted by Gasteiger charge is 2.64. The molecule has 0 spiro atoms. The summed E-state index contributed by atoms with van der Waals surface area (Å²) in [5.41, 5.74) is -1.22. The van der Waals surface area contributed by atoms with E-state index < -0.39 is 27.3 Å². The molecule has 0 aromatic heterocycles. The number of carboxylic acid groups (broad SMARTS) is 1. The Morgan fingerprint density at radius 3 is 2.46 bits per heavy atom. The van der Waals surface area contributed by atoms with Crippen LogP contribution >= 0.6 is 0 Å². The summed E-state index contributed by atoms with van der Waals surface area (Å²) in [4.78, 5) is 22.1. The number of carbonyl (C=O) groups is 2. The summed E-state index contributed by atoms with van der Waals surface area (Å²) in [6.07, 6.45) is 1.88. The van der Waals surface area contributed by atoms with Gasteiger partial charge >= 0.3 is 5.97 Å². The van der Waals surface area contributed by atoms with Gasteiger partial charge in [0.2, 0.25) is 0 Å². The number of fused-ring (bicyclic) bond motifs is 2. The summed E-state index contributed by atoms with van der Waals surface area (Å²) in [6.45, 7) is 6.29. The number of nitrogens with two attached hydrogens (primary N) is 1. The van der Waals surface area contributed by atoms with E-state index in [2.05, 4.69) is 5.32 Å². The third-order valence-corrected chi connectivity index (χ3v) is 6.85. The Morgan fingerprint density at radius 2 is 2.12 bits per heavy atom. The average Bonchev–Trinajstić information content (AvgIpc) is 2.81. The molecule has 3 fully saturated rings. The molecule has 138 valence electrons. The minimum Gasteiger partial charge on any atom is -0.748 e. The number of hydrogen-bond donors (Lipinski definition) is 3. The highest BCUT2D eigenvalue weighted by atomic mass is 32.2. The van der Waals surface area contributed by atoms with Gasteiger partial charge in [0.25, 0.3) is 0 Å². The lowest BCUT2D eigenvalue weighted by Crippen LogP contribution is -2.92. The SMILES string of the molecule is CC1(C)C2CCC1(CS(=O)(=O)[O-])C(=O)C2.O=C(O)C1C[NH2+]CCN1. The van der Waals surface area contributed by atoms with Crippen LogP contribution in [0.4, 0.5) is 0 Å². The summed E-state index contributed by atoms with van der Waals surface area (Å²) >= 11 is 0. The number of nitrogens with one attached hydrogen (secondary N) is 1. The van der Waals surface area contributed by atoms with Crippen LogP contribution in [0.3, 0.4) is 0 Å². The highest BCUT2D eigenvalue weighted by molar-refractivity contribution is 7.85. The molecule has 1 saturated heterocycles. The minimum atomic E-state index is -4.33. The van der Waals surface area contributed by atoms with Gasteiger partial charge in [0.1, 0.15) is 12.3 Å². The lowest BCUT2D eigenvalue weighted by Gasteiger charge is -2.37. The van der Waals surface area contributed by atoms with Crippen LogP contribution in [-0.2, 0) is 19.7 Å². The normalized spacial score (nSPS) is 34.5. The third kappa shape index (κ3) is 3.63. The van der Waals surface area contributed by atoms with Gasteiger partial charge in [-0.25, -0.2) is 8.42 Å². The van der Waals surface area contributed by atoms with E-state index in [1.807, 2.05) is 19.2 Å². The fourth-order valence-electron chi connectivity index (χ4n) is 4.33. The number of carbonyl (C=O) groups excluding carboxylic acids is 1. The number of aliphatic carboxylic acids is 1. The lowest BCUT2D eigenvalue weighted by molar-refractivity contribution is -0.661. The third-order valence-electron chi connectivity index (χ3n) is 6.00. The van der Waals surface area contributed by atoms with E-state index in [1.165, 1.54) is 0 Å². The van der Waals surface area contributed by atoms with Crippen LogP contribution in [0.25, 0.3) is 0 Å². The van der Waals surface area contributed by atoms with E-state index in [-0.39, 0.29) is 23.2 Å². The molecule has 3 rings (SSSR count). The Morgan fingerprint density at radius 1 is 1.46 bits per heavy atom. The van der Waals surface area contributed by atoms with Gasteiger partial charge in [-0.15, -0.1) is 0 Å². The fraction of sp³-hybridized carbons (Fsp3) is 0.867. The Labute approximate surface area is 142 Å². The van der Waals surface area contributed by atoms with Crippen LogP contribution in [0.2, 0.25) is 0 Å². The molecule has 0 amide bonds. The fourth-order valence-corrected chi connectivity index (χ4v) is 5.61. The Bertz CT molecular complexity index is 611. The van der Waals surface area contributed by atoms with Crippen molar-refractivity contribution in [1.82, 2.24) is 5.32 Å². The van der Waals surface area contributed by atoms with Crippen molar-refractivity contribution in [1.29, 1.82) is 0 Å².